The normalized spacial score (nSPS) is 37.3. The Morgan fingerprint density at radius 1 is 1.11 bits per heavy atom. The zero-order valence-corrected chi connectivity index (χ0v) is 11.1. The average molecular weight is 241 g/mol. The minimum Gasteiger partial charge on any atom is -0.385 e. The first kappa shape index (κ1) is 10.9. The molecule has 96 valence electrons. The molecule has 2 aliphatic carbocycles. The molecule has 1 heteroatoms. The summed E-state index contributed by atoms with van der Waals surface area (Å²) in [7, 11) is 0. The smallest absolute Gasteiger partial charge is 0.0372 e. The van der Waals surface area contributed by atoms with Crippen molar-refractivity contribution in [3.63, 3.8) is 0 Å². The molecule has 0 aromatic heterocycles. The molecule has 1 N–H and O–H groups in total. The first-order valence-corrected chi connectivity index (χ1v) is 7.70. The van der Waals surface area contributed by atoms with Crippen LogP contribution in [-0.4, -0.2) is 6.54 Å². The van der Waals surface area contributed by atoms with E-state index in [4.69, 9.17) is 0 Å². The fourth-order valence-corrected chi connectivity index (χ4v) is 4.77. The predicted molar refractivity (Wildman–Crippen MR) is 75.7 cm³/mol. The second-order valence-corrected chi connectivity index (χ2v) is 6.78. The Hall–Kier alpha value is -0.980. The molecule has 4 unspecified atom stereocenters. The van der Waals surface area contributed by atoms with Crippen molar-refractivity contribution in [2.75, 3.05) is 11.9 Å². The summed E-state index contributed by atoms with van der Waals surface area (Å²) in [5, 5.41) is 3.63. The van der Waals surface area contributed by atoms with Crippen LogP contribution in [0.4, 0.5) is 5.69 Å². The van der Waals surface area contributed by atoms with Crippen molar-refractivity contribution in [1.82, 2.24) is 0 Å². The van der Waals surface area contributed by atoms with E-state index in [2.05, 4.69) is 29.6 Å². The Bertz CT molecular complexity index is 439. The van der Waals surface area contributed by atoms with E-state index in [9.17, 15) is 0 Å². The van der Waals surface area contributed by atoms with Crippen molar-refractivity contribution in [2.45, 2.75) is 38.5 Å². The molecule has 1 aromatic carbocycles. The van der Waals surface area contributed by atoms with Crippen molar-refractivity contribution < 1.29 is 0 Å². The van der Waals surface area contributed by atoms with Gasteiger partial charge in [0.25, 0.3) is 0 Å². The molecule has 0 saturated heterocycles. The van der Waals surface area contributed by atoms with Gasteiger partial charge in [-0.1, -0.05) is 24.6 Å². The first-order chi connectivity index (χ1) is 8.88. The highest BCUT2D eigenvalue weighted by Crippen LogP contribution is 2.50. The van der Waals surface area contributed by atoms with E-state index in [1.807, 2.05) is 0 Å². The van der Waals surface area contributed by atoms with Gasteiger partial charge in [-0.2, -0.15) is 0 Å². The summed E-state index contributed by atoms with van der Waals surface area (Å²) in [6, 6.07) is 8.85. The Labute approximate surface area is 110 Å². The maximum Gasteiger partial charge on any atom is 0.0372 e. The molecule has 18 heavy (non-hydrogen) atoms. The van der Waals surface area contributed by atoms with Gasteiger partial charge in [0.15, 0.2) is 0 Å². The molecule has 0 amide bonds. The molecule has 3 aliphatic rings. The number of hydrogen-bond donors (Lipinski definition) is 1. The Morgan fingerprint density at radius 2 is 2.06 bits per heavy atom. The zero-order valence-electron chi connectivity index (χ0n) is 11.1. The van der Waals surface area contributed by atoms with Gasteiger partial charge in [-0.05, 0) is 67.4 Å². The van der Waals surface area contributed by atoms with Crippen LogP contribution in [0.25, 0.3) is 0 Å². The van der Waals surface area contributed by atoms with Crippen LogP contribution in [0.5, 0.6) is 0 Å². The lowest BCUT2D eigenvalue weighted by molar-refractivity contribution is 0.269. The highest BCUT2D eigenvalue weighted by molar-refractivity contribution is 5.53. The van der Waals surface area contributed by atoms with Crippen LogP contribution in [0.2, 0.25) is 0 Å². The van der Waals surface area contributed by atoms with Gasteiger partial charge < -0.3 is 5.32 Å². The largest absolute Gasteiger partial charge is 0.385 e. The minimum absolute atomic E-state index is 0.879. The minimum atomic E-state index is 0.879. The van der Waals surface area contributed by atoms with Crippen LogP contribution in [-0.2, 0) is 6.42 Å². The van der Waals surface area contributed by atoms with E-state index in [0.717, 1.165) is 23.7 Å². The van der Waals surface area contributed by atoms with Gasteiger partial charge in [0.1, 0.15) is 0 Å². The van der Waals surface area contributed by atoms with E-state index in [1.165, 1.54) is 43.5 Å². The van der Waals surface area contributed by atoms with E-state index >= 15 is 0 Å². The molecule has 0 spiro atoms. The lowest BCUT2D eigenvalue weighted by atomic mass is 9.79. The molecule has 1 nitrogen and oxygen atoms in total. The molecular formula is C17H23N. The van der Waals surface area contributed by atoms with Gasteiger partial charge in [0.2, 0.25) is 0 Å². The van der Waals surface area contributed by atoms with E-state index in [0.29, 0.717) is 0 Å². The first-order valence-electron chi connectivity index (χ1n) is 7.70. The third-order valence-corrected chi connectivity index (χ3v) is 5.63. The number of rotatable bonds is 2. The number of nitrogens with one attached hydrogen (secondary N) is 1. The standard InChI is InChI=1S/C17H23N/c1-2-4-17-15(3-1)9-13(11-18-17)10-16-8-12-5-6-14(16)7-12/h1-4,12-14,16,18H,5-11H2. The van der Waals surface area contributed by atoms with E-state index in [1.54, 1.807) is 12.8 Å². The third-order valence-electron chi connectivity index (χ3n) is 5.63. The number of fused-ring (bicyclic) bond motifs is 3. The van der Waals surface area contributed by atoms with Crippen molar-refractivity contribution in [1.29, 1.82) is 0 Å². The summed E-state index contributed by atoms with van der Waals surface area (Å²) in [4.78, 5) is 0. The van der Waals surface area contributed by atoms with E-state index < -0.39 is 0 Å². The summed E-state index contributed by atoms with van der Waals surface area (Å²) < 4.78 is 0. The highest BCUT2D eigenvalue weighted by Gasteiger charge is 2.40. The van der Waals surface area contributed by atoms with Gasteiger partial charge in [-0.15, -0.1) is 0 Å². The fraction of sp³-hybridized carbons (Fsp3) is 0.647. The van der Waals surface area contributed by atoms with Gasteiger partial charge in [-0.25, -0.2) is 0 Å². The topological polar surface area (TPSA) is 12.0 Å². The molecule has 4 atom stereocenters. The summed E-state index contributed by atoms with van der Waals surface area (Å²) in [5.74, 6) is 4.13. The van der Waals surface area contributed by atoms with Gasteiger partial charge in [0.05, 0.1) is 0 Å². The van der Waals surface area contributed by atoms with Gasteiger partial charge in [-0.3, -0.25) is 0 Å². The summed E-state index contributed by atoms with van der Waals surface area (Å²) in [6.45, 7) is 1.20. The molecule has 0 radical (unpaired) electrons. The molecule has 2 saturated carbocycles. The monoisotopic (exact) mass is 241 g/mol. The van der Waals surface area contributed by atoms with E-state index in [-0.39, 0.29) is 0 Å². The Balaban J connectivity index is 1.42. The molecule has 2 bridgehead atoms. The summed E-state index contributed by atoms with van der Waals surface area (Å²) in [6.07, 6.45) is 8.95. The van der Waals surface area contributed by atoms with Crippen LogP contribution in [0.1, 0.15) is 37.7 Å². The quantitative estimate of drug-likeness (QED) is 0.822. The van der Waals surface area contributed by atoms with Crippen LogP contribution in [0.3, 0.4) is 0 Å². The molecule has 4 rings (SSSR count). The molecule has 1 heterocycles. The molecule has 1 aromatic rings. The Kier molecular flexibility index (Phi) is 2.60. The van der Waals surface area contributed by atoms with Crippen molar-refractivity contribution in [3.05, 3.63) is 29.8 Å². The summed E-state index contributed by atoms with van der Waals surface area (Å²) in [5.41, 5.74) is 2.92. The maximum absolute atomic E-state index is 3.63. The second kappa shape index (κ2) is 4.29. The van der Waals surface area contributed by atoms with Crippen LogP contribution in [0.15, 0.2) is 24.3 Å². The number of benzene rings is 1. The third kappa shape index (κ3) is 1.84. The van der Waals surface area contributed by atoms with Crippen molar-refractivity contribution >= 4 is 5.69 Å². The van der Waals surface area contributed by atoms with Crippen molar-refractivity contribution in [3.8, 4) is 0 Å². The average Bonchev–Trinajstić information content (AvgIpc) is 3.01. The predicted octanol–water partition coefficient (Wildman–Crippen LogP) is 4.10. The molecular weight excluding hydrogens is 218 g/mol. The Morgan fingerprint density at radius 3 is 2.89 bits per heavy atom. The maximum atomic E-state index is 3.63. The number of hydrogen-bond acceptors (Lipinski definition) is 1. The lowest BCUT2D eigenvalue weighted by Crippen LogP contribution is -2.26. The highest BCUT2D eigenvalue weighted by atomic mass is 14.9. The summed E-state index contributed by atoms with van der Waals surface area (Å²) >= 11 is 0. The zero-order chi connectivity index (χ0) is 11.9. The molecule has 1 aliphatic heterocycles. The second-order valence-electron chi connectivity index (χ2n) is 6.78. The van der Waals surface area contributed by atoms with Gasteiger partial charge >= 0.3 is 0 Å². The van der Waals surface area contributed by atoms with Gasteiger partial charge in [0, 0.05) is 12.2 Å². The fourth-order valence-electron chi connectivity index (χ4n) is 4.77. The van der Waals surface area contributed by atoms with Crippen LogP contribution >= 0.6 is 0 Å². The SMILES string of the molecule is c1ccc2c(c1)CC(CC1CC3CCC1C3)CN2. The van der Waals surface area contributed by atoms with Crippen LogP contribution < -0.4 is 5.32 Å². The lowest BCUT2D eigenvalue weighted by Gasteiger charge is -2.31. The van der Waals surface area contributed by atoms with Crippen LogP contribution in [0, 0.1) is 23.7 Å². The number of para-hydroxylation sites is 1. The van der Waals surface area contributed by atoms with Crippen molar-refractivity contribution in [2.24, 2.45) is 23.7 Å². The molecule has 2 fully saturated rings. The number of anilines is 1.